The van der Waals surface area contributed by atoms with Crippen LogP contribution in [0.25, 0.3) is 0 Å². The molecule has 24 heavy (non-hydrogen) atoms. The second-order valence-corrected chi connectivity index (χ2v) is 7.80. The quantitative estimate of drug-likeness (QED) is 0.816. The Labute approximate surface area is 143 Å². The molecule has 0 unspecified atom stereocenters. The number of anilines is 1. The average molecular weight is 336 g/mol. The lowest BCUT2D eigenvalue weighted by atomic mass is 10.1. The fourth-order valence-electron chi connectivity index (χ4n) is 2.01. The molecule has 0 atom stereocenters. The van der Waals surface area contributed by atoms with Gasteiger partial charge in [0.15, 0.2) is 0 Å². The molecule has 134 valence electrons. The molecule has 1 aromatic rings. The number of imide groups is 1. The Hall–Kier alpha value is -2.24. The summed E-state index contributed by atoms with van der Waals surface area (Å²) >= 11 is 0. The number of carbonyl (C=O) groups is 2. The monoisotopic (exact) mass is 336 g/mol. The molecule has 0 aliphatic heterocycles. The average Bonchev–Trinajstić information content (AvgIpc) is 2.29. The molecule has 0 heterocycles. The van der Waals surface area contributed by atoms with Crippen LogP contribution in [0.15, 0.2) is 18.2 Å². The Morgan fingerprint density at radius 1 is 0.958 bits per heavy atom. The molecular weight excluding hydrogens is 308 g/mol. The van der Waals surface area contributed by atoms with Crippen LogP contribution in [-0.2, 0) is 16.0 Å². The zero-order valence-corrected chi connectivity index (χ0v) is 15.6. The summed E-state index contributed by atoms with van der Waals surface area (Å²) < 4.78 is 10.6. The Kier molecular flexibility index (Phi) is 5.87. The lowest BCUT2D eigenvalue weighted by Crippen LogP contribution is -2.43. The normalized spacial score (nSPS) is 11.8. The van der Waals surface area contributed by atoms with Crippen molar-refractivity contribution < 1.29 is 19.1 Å². The first kappa shape index (κ1) is 19.8. The van der Waals surface area contributed by atoms with E-state index in [0.29, 0.717) is 5.69 Å². The number of rotatable bonds is 2. The molecule has 0 fully saturated rings. The molecule has 2 N–H and O–H groups in total. The summed E-state index contributed by atoms with van der Waals surface area (Å²) in [6, 6.07) is 5.39. The van der Waals surface area contributed by atoms with Gasteiger partial charge in [0.2, 0.25) is 0 Å². The van der Waals surface area contributed by atoms with E-state index in [0.717, 1.165) is 16.0 Å². The molecule has 0 aromatic heterocycles. The molecule has 0 aliphatic rings. The highest BCUT2D eigenvalue weighted by Crippen LogP contribution is 2.19. The third kappa shape index (κ3) is 6.89. The number of nitrogen functional groups attached to an aromatic ring is 1. The first-order valence-electron chi connectivity index (χ1n) is 7.86. The van der Waals surface area contributed by atoms with Crippen molar-refractivity contribution in [3.63, 3.8) is 0 Å². The van der Waals surface area contributed by atoms with Gasteiger partial charge in [0.05, 0.1) is 6.54 Å². The van der Waals surface area contributed by atoms with Crippen LogP contribution in [0.1, 0.15) is 52.7 Å². The van der Waals surface area contributed by atoms with Gasteiger partial charge in [0.1, 0.15) is 11.2 Å². The first-order chi connectivity index (χ1) is 10.8. The summed E-state index contributed by atoms with van der Waals surface area (Å²) in [5.74, 6) is 0. The van der Waals surface area contributed by atoms with Crippen LogP contribution in [-0.4, -0.2) is 28.3 Å². The van der Waals surface area contributed by atoms with Crippen molar-refractivity contribution in [3.05, 3.63) is 29.3 Å². The fraction of sp³-hybridized carbons (Fsp3) is 0.556. The summed E-state index contributed by atoms with van der Waals surface area (Å²) in [6.45, 7) is 12.4. The molecule has 0 saturated heterocycles. The fourth-order valence-corrected chi connectivity index (χ4v) is 2.01. The van der Waals surface area contributed by atoms with Crippen molar-refractivity contribution in [2.24, 2.45) is 0 Å². The van der Waals surface area contributed by atoms with Gasteiger partial charge in [-0.15, -0.1) is 0 Å². The molecule has 1 aromatic carbocycles. The minimum Gasteiger partial charge on any atom is -0.443 e. The second-order valence-electron chi connectivity index (χ2n) is 7.80. The van der Waals surface area contributed by atoms with E-state index in [-0.39, 0.29) is 6.54 Å². The highest BCUT2D eigenvalue weighted by Gasteiger charge is 2.31. The van der Waals surface area contributed by atoms with Crippen molar-refractivity contribution in [2.75, 3.05) is 5.73 Å². The van der Waals surface area contributed by atoms with E-state index in [4.69, 9.17) is 15.2 Å². The highest BCUT2D eigenvalue weighted by molar-refractivity contribution is 5.88. The minimum absolute atomic E-state index is 0.0235. The van der Waals surface area contributed by atoms with Crippen molar-refractivity contribution in [3.8, 4) is 0 Å². The van der Waals surface area contributed by atoms with Crippen LogP contribution in [0, 0.1) is 6.92 Å². The molecule has 0 bridgehead atoms. The van der Waals surface area contributed by atoms with Crippen LogP contribution in [0.2, 0.25) is 0 Å². The number of nitrogens with two attached hydrogens (primary N) is 1. The number of amides is 2. The van der Waals surface area contributed by atoms with Crippen molar-refractivity contribution in [1.82, 2.24) is 4.90 Å². The molecule has 0 radical (unpaired) electrons. The predicted octanol–water partition coefficient (Wildman–Crippen LogP) is 4.25. The number of carbonyl (C=O) groups excluding carboxylic acids is 2. The summed E-state index contributed by atoms with van der Waals surface area (Å²) in [6.07, 6.45) is -1.51. The molecule has 6 heteroatoms. The van der Waals surface area contributed by atoms with Crippen molar-refractivity contribution in [2.45, 2.75) is 66.2 Å². The third-order valence-electron chi connectivity index (χ3n) is 2.73. The number of aryl methyl sites for hydroxylation is 1. The molecule has 6 nitrogen and oxygen atoms in total. The van der Waals surface area contributed by atoms with Gasteiger partial charge in [-0.05, 0) is 71.7 Å². The topological polar surface area (TPSA) is 81.9 Å². The third-order valence-corrected chi connectivity index (χ3v) is 2.73. The van der Waals surface area contributed by atoms with E-state index < -0.39 is 23.4 Å². The van der Waals surface area contributed by atoms with Crippen LogP contribution < -0.4 is 5.73 Å². The first-order valence-corrected chi connectivity index (χ1v) is 7.86. The van der Waals surface area contributed by atoms with Gasteiger partial charge in [0, 0.05) is 5.69 Å². The summed E-state index contributed by atoms with van der Waals surface area (Å²) in [5, 5.41) is 0. The summed E-state index contributed by atoms with van der Waals surface area (Å²) in [7, 11) is 0. The van der Waals surface area contributed by atoms with E-state index in [9.17, 15) is 9.59 Å². The molecule has 0 spiro atoms. The lowest BCUT2D eigenvalue weighted by molar-refractivity contribution is -0.000250. The van der Waals surface area contributed by atoms with Crippen molar-refractivity contribution >= 4 is 17.9 Å². The second kappa shape index (κ2) is 7.11. The van der Waals surface area contributed by atoms with Crippen LogP contribution >= 0.6 is 0 Å². The molecular formula is C18H28N2O4. The van der Waals surface area contributed by atoms with E-state index in [1.165, 1.54) is 0 Å². The zero-order chi connectivity index (χ0) is 18.7. The SMILES string of the molecule is Cc1cc(N)cc(CN(C(=O)OC(C)(C)C)C(=O)OC(C)(C)C)c1. The number of benzene rings is 1. The standard InChI is InChI=1S/C18H28N2O4/c1-12-8-13(10-14(19)9-12)11-20(15(21)23-17(2,3)4)16(22)24-18(5,6)7/h8-10H,11,19H2,1-7H3. The number of hydrogen-bond acceptors (Lipinski definition) is 5. The Balaban J connectivity index is 3.08. The van der Waals surface area contributed by atoms with Gasteiger partial charge in [-0.3, -0.25) is 0 Å². The maximum absolute atomic E-state index is 12.4. The Morgan fingerprint density at radius 3 is 1.79 bits per heavy atom. The minimum atomic E-state index is -0.753. The van der Waals surface area contributed by atoms with Crippen molar-refractivity contribution in [1.29, 1.82) is 0 Å². The Bertz CT molecular complexity index is 564. The maximum atomic E-state index is 12.4. The van der Waals surface area contributed by atoms with E-state index in [2.05, 4.69) is 0 Å². The van der Waals surface area contributed by atoms with Gasteiger partial charge in [0.25, 0.3) is 0 Å². The van der Waals surface area contributed by atoms with Gasteiger partial charge in [-0.1, -0.05) is 6.07 Å². The van der Waals surface area contributed by atoms with Gasteiger partial charge < -0.3 is 15.2 Å². The lowest BCUT2D eigenvalue weighted by Gasteiger charge is -2.28. The number of nitrogens with zero attached hydrogens (tertiary/aromatic N) is 1. The van der Waals surface area contributed by atoms with Crippen LogP contribution in [0.4, 0.5) is 15.3 Å². The van der Waals surface area contributed by atoms with E-state index in [1.54, 1.807) is 47.6 Å². The Morgan fingerprint density at radius 2 is 1.42 bits per heavy atom. The summed E-state index contributed by atoms with van der Waals surface area (Å²) in [4.78, 5) is 25.8. The molecule has 0 aliphatic carbocycles. The largest absolute Gasteiger partial charge is 0.443 e. The van der Waals surface area contributed by atoms with Crippen LogP contribution in [0.5, 0.6) is 0 Å². The molecule has 1 rings (SSSR count). The summed E-state index contributed by atoms with van der Waals surface area (Å²) in [5.41, 5.74) is 6.64. The number of hydrogen-bond donors (Lipinski definition) is 1. The van der Waals surface area contributed by atoms with Gasteiger partial charge in [-0.25, -0.2) is 14.5 Å². The highest BCUT2D eigenvalue weighted by atomic mass is 16.6. The van der Waals surface area contributed by atoms with E-state index >= 15 is 0 Å². The predicted molar refractivity (Wildman–Crippen MR) is 93.6 cm³/mol. The maximum Gasteiger partial charge on any atom is 0.420 e. The zero-order valence-electron chi connectivity index (χ0n) is 15.6. The molecule has 2 amide bonds. The number of ether oxygens (including phenoxy) is 2. The smallest absolute Gasteiger partial charge is 0.420 e. The van der Waals surface area contributed by atoms with Gasteiger partial charge in [-0.2, -0.15) is 0 Å². The molecule has 0 saturated carbocycles. The van der Waals surface area contributed by atoms with Gasteiger partial charge >= 0.3 is 12.2 Å². The van der Waals surface area contributed by atoms with E-state index in [1.807, 2.05) is 19.1 Å². The van der Waals surface area contributed by atoms with Crippen LogP contribution in [0.3, 0.4) is 0 Å².